The standard InChI is InChI=1S/C25H16F3N5O4S/c1-14-12-20(34)33(18-4-2-3-5-19(18)37-25(26,27)28)32-21(14)23(35)31-15-6-8-16(9-7-15)36-24-22-17(10-11-38-22)29-13-30-24/h2-13H,1H3,(H,31,35). The Morgan fingerprint density at radius 1 is 1.05 bits per heavy atom. The zero-order valence-electron chi connectivity index (χ0n) is 19.4. The highest BCUT2D eigenvalue weighted by Crippen LogP contribution is 2.31. The number of amides is 1. The first kappa shape index (κ1) is 24.9. The number of hydrogen-bond donors (Lipinski definition) is 1. The molecular weight excluding hydrogens is 523 g/mol. The fourth-order valence-corrected chi connectivity index (χ4v) is 4.30. The van der Waals surface area contributed by atoms with Gasteiger partial charge in [0.15, 0.2) is 11.4 Å². The normalized spacial score (nSPS) is 11.4. The van der Waals surface area contributed by atoms with Crippen molar-refractivity contribution >= 4 is 33.1 Å². The van der Waals surface area contributed by atoms with E-state index in [1.54, 1.807) is 24.3 Å². The van der Waals surface area contributed by atoms with Crippen LogP contribution in [0, 0.1) is 6.92 Å². The van der Waals surface area contributed by atoms with Crippen LogP contribution in [0.5, 0.6) is 17.4 Å². The average molecular weight is 539 g/mol. The molecule has 2 aromatic carbocycles. The summed E-state index contributed by atoms with van der Waals surface area (Å²) >= 11 is 1.45. The molecule has 3 heterocycles. The number of aryl methyl sites for hydroxylation is 1. The number of thiophene rings is 1. The molecule has 1 N–H and O–H groups in total. The van der Waals surface area contributed by atoms with Gasteiger partial charge in [0.05, 0.1) is 5.52 Å². The third-order valence-corrected chi connectivity index (χ3v) is 6.09. The van der Waals surface area contributed by atoms with Crippen LogP contribution in [-0.2, 0) is 0 Å². The average Bonchev–Trinajstić information content (AvgIpc) is 3.35. The van der Waals surface area contributed by atoms with Crippen molar-refractivity contribution in [2.45, 2.75) is 13.3 Å². The Morgan fingerprint density at radius 2 is 1.82 bits per heavy atom. The summed E-state index contributed by atoms with van der Waals surface area (Å²) in [4.78, 5) is 33.9. The fraction of sp³-hybridized carbons (Fsp3) is 0.0800. The summed E-state index contributed by atoms with van der Waals surface area (Å²) in [7, 11) is 0. The van der Waals surface area contributed by atoms with Crippen molar-refractivity contribution in [3.05, 3.63) is 94.0 Å². The highest BCUT2D eigenvalue weighted by molar-refractivity contribution is 7.17. The van der Waals surface area contributed by atoms with Gasteiger partial charge in [0.2, 0.25) is 5.88 Å². The zero-order chi connectivity index (χ0) is 26.9. The van der Waals surface area contributed by atoms with Gasteiger partial charge in [-0.3, -0.25) is 9.59 Å². The quantitative estimate of drug-likeness (QED) is 0.304. The van der Waals surface area contributed by atoms with E-state index < -0.39 is 23.6 Å². The van der Waals surface area contributed by atoms with Crippen molar-refractivity contribution < 1.29 is 27.4 Å². The number of anilines is 1. The molecular formula is C25H16F3N5O4S. The monoisotopic (exact) mass is 539 g/mol. The van der Waals surface area contributed by atoms with Gasteiger partial charge >= 0.3 is 6.36 Å². The van der Waals surface area contributed by atoms with E-state index in [0.29, 0.717) is 22.0 Å². The van der Waals surface area contributed by atoms with Gasteiger partial charge < -0.3 is 14.8 Å². The third-order valence-electron chi connectivity index (χ3n) is 5.19. The number of fused-ring (bicyclic) bond motifs is 1. The Bertz CT molecular complexity index is 1700. The van der Waals surface area contributed by atoms with Gasteiger partial charge in [-0.2, -0.15) is 9.78 Å². The van der Waals surface area contributed by atoms with Crippen molar-refractivity contribution in [3.63, 3.8) is 0 Å². The summed E-state index contributed by atoms with van der Waals surface area (Å²) in [5.41, 5.74) is 0.236. The van der Waals surface area contributed by atoms with Gasteiger partial charge in [0.1, 0.15) is 22.5 Å². The molecule has 0 saturated carbocycles. The Balaban J connectivity index is 1.37. The van der Waals surface area contributed by atoms with E-state index in [4.69, 9.17) is 4.74 Å². The summed E-state index contributed by atoms with van der Waals surface area (Å²) in [5, 5.41) is 8.57. The minimum Gasteiger partial charge on any atom is -0.437 e. The number of nitrogens with zero attached hydrogens (tertiary/aromatic N) is 4. The second kappa shape index (κ2) is 9.94. The molecule has 5 aromatic rings. The van der Waals surface area contributed by atoms with Crippen molar-refractivity contribution in [1.29, 1.82) is 0 Å². The molecule has 5 rings (SSSR count). The summed E-state index contributed by atoms with van der Waals surface area (Å²) in [6.07, 6.45) is -3.58. The first-order valence-corrected chi connectivity index (χ1v) is 11.8. The molecule has 0 bridgehead atoms. The van der Waals surface area contributed by atoms with Crippen molar-refractivity contribution in [2.24, 2.45) is 0 Å². The summed E-state index contributed by atoms with van der Waals surface area (Å²) in [6.45, 7) is 1.50. The van der Waals surface area contributed by atoms with Crippen LogP contribution in [0.1, 0.15) is 16.1 Å². The molecule has 1 amide bonds. The van der Waals surface area contributed by atoms with E-state index in [0.717, 1.165) is 22.3 Å². The molecule has 38 heavy (non-hydrogen) atoms. The molecule has 9 nitrogen and oxygen atoms in total. The Labute approximate surface area is 216 Å². The molecule has 192 valence electrons. The number of rotatable bonds is 6. The lowest BCUT2D eigenvalue weighted by molar-refractivity contribution is -0.274. The Kier molecular flexibility index (Phi) is 6.51. The van der Waals surface area contributed by atoms with Crippen LogP contribution < -0.4 is 20.3 Å². The first-order chi connectivity index (χ1) is 18.2. The summed E-state index contributed by atoms with van der Waals surface area (Å²) in [6, 6.07) is 14.4. The predicted molar refractivity (Wildman–Crippen MR) is 133 cm³/mol. The summed E-state index contributed by atoms with van der Waals surface area (Å²) in [5.74, 6) is -0.432. The number of alkyl halides is 3. The lowest BCUT2D eigenvalue weighted by Crippen LogP contribution is -2.28. The molecule has 13 heteroatoms. The largest absolute Gasteiger partial charge is 0.573 e. The zero-order valence-corrected chi connectivity index (χ0v) is 20.2. The van der Waals surface area contributed by atoms with Crippen LogP contribution in [0.15, 0.2) is 77.2 Å². The third kappa shape index (κ3) is 5.32. The molecule has 0 aliphatic heterocycles. The molecule has 0 fully saturated rings. The van der Waals surface area contributed by atoms with Gasteiger partial charge in [-0.25, -0.2) is 9.97 Å². The fourth-order valence-electron chi connectivity index (χ4n) is 3.53. The number of ether oxygens (including phenoxy) is 2. The number of halogens is 3. The molecule has 3 aromatic heterocycles. The highest BCUT2D eigenvalue weighted by atomic mass is 32.1. The maximum atomic E-state index is 13.0. The van der Waals surface area contributed by atoms with E-state index in [2.05, 4.69) is 25.1 Å². The second-order valence-electron chi connectivity index (χ2n) is 7.84. The minimum atomic E-state index is -4.98. The minimum absolute atomic E-state index is 0.159. The van der Waals surface area contributed by atoms with E-state index in [1.807, 2.05) is 11.4 Å². The number of carbonyl (C=O) groups is 1. The molecule has 0 unspecified atom stereocenters. The number of nitrogens with one attached hydrogen (secondary N) is 1. The predicted octanol–water partition coefficient (Wildman–Crippen LogP) is 5.49. The van der Waals surface area contributed by atoms with Crippen LogP contribution in [-0.4, -0.2) is 32.0 Å². The van der Waals surface area contributed by atoms with Crippen LogP contribution in [0.4, 0.5) is 18.9 Å². The number of para-hydroxylation sites is 2. The lowest BCUT2D eigenvalue weighted by atomic mass is 10.2. The van der Waals surface area contributed by atoms with Gasteiger partial charge in [-0.05, 0) is 60.3 Å². The SMILES string of the molecule is Cc1cc(=O)n(-c2ccccc2OC(F)(F)F)nc1C(=O)Nc1ccc(Oc2ncnc3ccsc23)cc1. The topological polar surface area (TPSA) is 108 Å². The van der Waals surface area contributed by atoms with Gasteiger partial charge in [-0.1, -0.05) is 12.1 Å². The molecule has 0 saturated heterocycles. The molecule has 0 aliphatic rings. The van der Waals surface area contributed by atoms with E-state index in [9.17, 15) is 22.8 Å². The van der Waals surface area contributed by atoms with Crippen molar-refractivity contribution in [2.75, 3.05) is 5.32 Å². The van der Waals surface area contributed by atoms with Crippen molar-refractivity contribution in [1.82, 2.24) is 19.7 Å². The number of hydrogen-bond acceptors (Lipinski definition) is 8. The number of carbonyl (C=O) groups excluding carboxylic acids is 1. The molecule has 0 radical (unpaired) electrons. The van der Waals surface area contributed by atoms with Crippen LogP contribution >= 0.6 is 11.3 Å². The van der Waals surface area contributed by atoms with E-state index >= 15 is 0 Å². The van der Waals surface area contributed by atoms with Crippen molar-refractivity contribution in [3.8, 4) is 23.1 Å². The maximum Gasteiger partial charge on any atom is 0.573 e. The first-order valence-electron chi connectivity index (χ1n) is 10.9. The Morgan fingerprint density at radius 3 is 2.58 bits per heavy atom. The highest BCUT2D eigenvalue weighted by Gasteiger charge is 2.32. The maximum absolute atomic E-state index is 13.0. The van der Waals surface area contributed by atoms with Gasteiger partial charge in [0, 0.05) is 11.8 Å². The molecule has 0 aliphatic carbocycles. The smallest absolute Gasteiger partial charge is 0.437 e. The number of aromatic nitrogens is 4. The Hall–Kier alpha value is -4.78. The van der Waals surface area contributed by atoms with Crippen LogP contribution in [0.25, 0.3) is 15.9 Å². The van der Waals surface area contributed by atoms with E-state index in [-0.39, 0.29) is 16.9 Å². The van der Waals surface area contributed by atoms with Crippen LogP contribution in [0.2, 0.25) is 0 Å². The van der Waals surface area contributed by atoms with Gasteiger partial charge in [-0.15, -0.1) is 24.5 Å². The second-order valence-corrected chi connectivity index (χ2v) is 8.75. The molecule has 0 spiro atoms. The lowest BCUT2D eigenvalue weighted by Gasteiger charge is -2.15. The molecule has 0 atom stereocenters. The number of benzene rings is 2. The van der Waals surface area contributed by atoms with Gasteiger partial charge in [0.25, 0.3) is 11.5 Å². The summed E-state index contributed by atoms with van der Waals surface area (Å²) < 4.78 is 49.9. The van der Waals surface area contributed by atoms with Crippen LogP contribution in [0.3, 0.4) is 0 Å². The van der Waals surface area contributed by atoms with E-state index in [1.165, 1.54) is 42.8 Å².